The number of nitrogens with one attached hydrogen (secondary N) is 1. The summed E-state index contributed by atoms with van der Waals surface area (Å²) < 4.78 is 38.0. The minimum absolute atomic E-state index is 0.101. The number of hydrogen-bond acceptors (Lipinski definition) is 3. The van der Waals surface area contributed by atoms with Gasteiger partial charge in [-0.05, 0) is 25.0 Å². The molecule has 0 aliphatic heterocycles. The zero-order valence-electron chi connectivity index (χ0n) is 9.62. The van der Waals surface area contributed by atoms with Gasteiger partial charge in [-0.3, -0.25) is 9.78 Å². The van der Waals surface area contributed by atoms with E-state index in [2.05, 4.69) is 4.98 Å². The Bertz CT molecular complexity index is 523. The van der Waals surface area contributed by atoms with Gasteiger partial charge in [-0.25, -0.2) is 0 Å². The summed E-state index contributed by atoms with van der Waals surface area (Å²) in [6.45, 7) is 0. The van der Waals surface area contributed by atoms with Gasteiger partial charge in [-0.15, -0.1) is 0 Å². The number of thiocarbonyl (C=S) groups is 1. The third-order valence-corrected chi connectivity index (χ3v) is 3.16. The first-order valence-electron chi connectivity index (χ1n) is 5.40. The van der Waals surface area contributed by atoms with E-state index in [9.17, 15) is 18.0 Å². The normalized spacial score (nSPS) is 16.8. The molecule has 0 spiro atoms. The van der Waals surface area contributed by atoms with Crippen LogP contribution in [0.15, 0.2) is 18.3 Å². The van der Waals surface area contributed by atoms with E-state index in [1.165, 1.54) is 18.3 Å². The number of hydrogen-bond donors (Lipinski definition) is 2. The highest BCUT2D eigenvalue weighted by Gasteiger charge is 2.64. The molecule has 1 aromatic rings. The van der Waals surface area contributed by atoms with Gasteiger partial charge in [0.25, 0.3) is 5.91 Å². The molecular formula is C11H10F3N3OS. The van der Waals surface area contributed by atoms with Gasteiger partial charge in [0.2, 0.25) is 0 Å². The summed E-state index contributed by atoms with van der Waals surface area (Å²) in [5.41, 5.74) is 3.61. The Morgan fingerprint density at radius 1 is 1.42 bits per heavy atom. The first kappa shape index (κ1) is 13.7. The largest absolute Gasteiger partial charge is 0.411 e. The molecule has 0 aromatic carbocycles. The van der Waals surface area contributed by atoms with E-state index < -0.39 is 17.6 Å². The van der Waals surface area contributed by atoms with Crippen LogP contribution in [0.4, 0.5) is 13.2 Å². The van der Waals surface area contributed by atoms with Gasteiger partial charge >= 0.3 is 6.18 Å². The van der Waals surface area contributed by atoms with Crippen molar-refractivity contribution in [2.45, 2.75) is 24.6 Å². The first-order chi connectivity index (χ1) is 8.75. The number of nitrogens with zero attached hydrogens (tertiary/aromatic N) is 1. The molecule has 1 aromatic heterocycles. The molecule has 0 unspecified atom stereocenters. The van der Waals surface area contributed by atoms with Gasteiger partial charge < -0.3 is 11.1 Å². The third-order valence-electron chi connectivity index (χ3n) is 2.93. The number of carbonyl (C=O) groups is 1. The molecule has 4 nitrogen and oxygen atoms in total. The molecule has 0 saturated heterocycles. The Labute approximate surface area is 112 Å². The van der Waals surface area contributed by atoms with Gasteiger partial charge in [-0.1, -0.05) is 12.2 Å². The van der Waals surface area contributed by atoms with E-state index in [0.717, 1.165) is 0 Å². The van der Waals surface area contributed by atoms with Crippen LogP contribution in [0, 0.1) is 0 Å². The highest BCUT2D eigenvalue weighted by Crippen LogP contribution is 2.48. The smallest absolute Gasteiger partial charge is 0.389 e. The van der Waals surface area contributed by atoms with E-state index in [4.69, 9.17) is 18.0 Å². The van der Waals surface area contributed by atoms with Crippen LogP contribution in [-0.4, -0.2) is 27.6 Å². The maximum absolute atomic E-state index is 12.7. The highest BCUT2D eigenvalue weighted by molar-refractivity contribution is 7.80. The van der Waals surface area contributed by atoms with Crippen molar-refractivity contribution in [1.82, 2.24) is 10.3 Å². The zero-order valence-corrected chi connectivity index (χ0v) is 10.4. The van der Waals surface area contributed by atoms with E-state index in [-0.39, 0.29) is 23.5 Å². The van der Waals surface area contributed by atoms with Crippen molar-refractivity contribution in [2.24, 2.45) is 5.73 Å². The Hall–Kier alpha value is -1.70. The molecule has 0 radical (unpaired) electrons. The maximum Gasteiger partial charge on any atom is 0.411 e. The lowest BCUT2D eigenvalue weighted by Gasteiger charge is -2.20. The predicted octanol–water partition coefficient (Wildman–Crippen LogP) is 1.54. The van der Waals surface area contributed by atoms with Crippen molar-refractivity contribution in [2.75, 3.05) is 0 Å². The molecule has 3 N–H and O–H groups in total. The number of rotatable bonds is 3. The molecule has 0 bridgehead atoms. The minimum atomic E-state index is -4.44. The quantitative estimate of drug-likeness (QED) is 0.828. The molecule has 1 fully saturated rings. The van der Waals surface area contributed by atoms with Crippen molar-refractivity contribution in [3.05, 3.63) is 29.6 Å². The van der Waals surface area contributed by atoms with Gasteiger partial charge in [-0.2, -0.15) is 13.2 Å². The summed E-state index contributed by atoms with van der Waals surface area (Å²) in [6, 6.07) is 2.73. The Balaban J connectivity index is 2.11. The lowest BCUT2D eigenvalue weighted by atomic mass is 10.2. The lowest BCUT2D eigenvalue weighted by Crippen LogP contribution is -2.48. The monoisotopic (exact) mass is 289 g/mol. The highest BCUT2D eigenvalue weighted by atomic mass is 32.1. The second kappa shape index (κ2) is 4.44. The number of nitrogens with two attached hydrogens (primary N) is 1. The van der Waals surface area contributed by atoms with Crippen molar-refractivity contribution in [3.8, 4) is 0 Å². The average molecular weight is 289 g/mol. The second-order valence-electron chi connectivity index (χ2n) is 4.33. The SMILES string of the molecule is NC(=S)c1ccc(C(=O)NC2(C(F)(F)F)CC2)nc1. The van der Waals surface area contributed by atoms with Crippen molar-refractivity contribution in [3.63, 3.8) is 0 Å². The standard InChI is InChI=1S/C11H10F3N3OS/c12-11(13,14)10(3-4-10)17-9(18)7-2-1-6(5-16-7)8(15)19/h1-2,5H,3-4H2,(H2,15,19)(H,17,18). The summed E-state index contributed by atoms with van der Waals surface area (Å²) in [6.07, 6.45) is -3.40. The summed E-state index contributed by atoms with van der Waals surface area (Å²) in [4.78, 5) is 15.5. The van der Waals surface area contributed by atoms with Crippen molar-refractivity contribution < 1.29 is 18.0 Å². The molecule has 1 heterocycles. The van der Waals surface area contributed by atoms with Crippen molar-refractivity contribution in [1.29, 1.82) is 0 Å². The molecule has 1 aliphatic rings. The number of pyridine rings is 1. The average Bonchev–Trinajstić information content (AvgIpc) is 3.09. The van der Waals surface area contributed by atoms with Gasteiger partial charge in [0.15, 0.2) is 0 Å². The Kier molecular flexibility index (Phi) is 3.21. The Morgan fingerprint density at radius 2 is 2.05 bits per heavy atom. The predicted molar refractivity (Wildman–Crippen MR) is 65.6 cm³/mol. The number of aromatic nitrogens is 1. The third kappa shape index (κ3) is 2.67. The maximum atomic E-state index is 12.7. The fourth-order valence-electron chi connectivity index (χ4n) is 1.56. The number of alkyl halides is 3. The molecule has 8 heteroatoms. The van der Waals surface area contributed by atoms with Crippen LogP contribution in [0.25, 0.3) is 0 Å². The number of amides is 1. The van der Waals surface area contributed by atoms with E-state index in [1.54, 1.807) is 0 Å². The van der Waals surface area contributed by atoms with Crippen LogP contribution in [0.1, 0.15) is 28.9 Å². The molecule has 1 aliphatic carbocycles. The van der Waals surface area contributed by atoms with Crippen LogP contribution in [0.2, 0.25) is 0 Å². The molecule has 1 amide bonds. The van der Waals surface area contributed by atoms with Gasteiger partial charge in [0, 0.05) is 11.8 Å². The molecular weight excluding hydrogens is 279 g/mol. The van der Waals surface area contributed by atoms with Crippen LogP contribution in [0.5, 0.6) is 0 Å². The Morgan fingerprint density at radius 3 is 2.42 bits per heavy atom. The van der Waals surface area contributed by atoms with Crippen LogP contribution in [0.3, 0.4) is 0 Å². The number of halogens is 3. The van der Waals surface area contributed by atoms with Crippen molar-refractivity contribution >= 4 is 23.1 Å². The fourth-order valence-corrected chi connectivity index (χ4v) is 1.68. The zero-order chi connectivity index (χ0) is 14.3. The van der Waals surface area contributed by atoms with Crippen LogP contribution >= 0.6 is 12.2 Å². The van der Waals surface area contributed by atoms with Gasteiger partial charge in [0.05, 0.1) is 0 Å². The molecule has 0 atom stereocenters. The number of carbonyl (C=O) groups excluding carboxylic acids is 1. The van der Waals surface area contributed by atoms with Gasteiger partial charge in [0.1, 0.15) is 16.2 Å². The van der Waals surface area contributed by atoms with E-state index >= 15 is 0 Å². The summed E-state index contributed by atoms with van der Waals surface area (Å²) in [5.74, 6) is -0.857. The second-order valence-corrected chi connectivity index (χ2v) is 4.77. The topological polar surface area (TPSA) is 68.0 Å². The molecule has 1 saturated carbocycles. The van der Waals surface area contributed by atoms with Crippen LogP contribution in [-0.2, 0) is 0 Å². The fraction of sp³-hybridized carbons (Fsp3) is 0.364. The summed E-state index contributed by atoms with van der Waals surface area (Å²) in [5, 5.41) is 1.98. The van der Waals surface area contributed by atoms with E-state index in [0.29, 0.717) is 5.56 Å². The van der Waals surface area contributed by atoms with E-state index in [1.807, 2.05) is 5.32 Å². The first-order valence-corrected chi connectivity index (χ1v) is 5.81. The summed E-state index contributed by atoms with van der Waals surface area (Å²) >= 11 is 4.71. The summed E-state index contributed by atoms with van der Waals surface area (Å²) in [7, 11) is 0. The molecule has 19 heavy (non-hydrogen) atoms. The van der Waals surface area contributed by atoms with Crippen LogP contribution < -0.4 is 11.1 Å². The molecule has 2 rings (SSSR count). The lowest BCUT2D eigenvalue weighted by molar-refractivity contribution is -0.163. The molecule has 102 valence electrons. The minimum Gasteiger partial charge on any atom is -0.389 e.